The molecule has 11 heteroatoms. The van der Waals surface area contributed by atoms with Crippen LogP contribution in [0.15, 0.2) is 106 Å². The molecule has 0 fully saturated rings. The van der Waals surface area contributed by atoms with E-state index < -0.39 is 17.8 Å². The fourth-order valence-corrected chi connectivity index (χ4v) is 4.94. The first-order valence-electron chi connectivity index (χ1n) is 14.9. The monoisotopic (exact) mass is 716 g/mol. The second-order valence-electron chi connectivity index (χ2n) is 9.99. The summed E-state index contributed by atoms with van der Waals surface area (Å²) in [6.07, 6.45) is 2.97. The lowest BCUT2D eigenvalue weighted by molar-refractivity contribution is -0.117. The van der Waals surface area contributed by atoms with Crippen LogP contribution in [0.3, 0.4) is 0 Å². The molecule has 4 rings (SSSR count). The third-order valence-electron chi connectivity index (χ3n) is 6.87. The van der Waals surface area contributed by atoms with E-state index in [9.17, 15) is 14.4 Å². The smallest absolute Gasteiger partial charge is 0.343 e. The minimum Gasteiger partial charge on any atom is -0.490 e. The highest BCUT2D eigenvalue weighted by Gasteiger charge is 2.17. The molecule has 2 amide bonds. The van der Waals surface area contributed by atoms with Gasteiger partial charge in [-0.2, -0.15) is 5.10 Å². The lowest BCUT2D eigenvalue weighted by Gasteiger charge is -2.21. The van der Waals surface area contributed by atoms with Crippen LogP contribution >= 0.6 is 27.5 Å². The van der Waals surface area contributed by atoms with Gasteiger partial charge in [-0.05, 0) is 105 Å². The highest BCUT2D eigenvalue weighted by molar-refractivity contribution is 9.10. The van der Waals surface area contributed by atoms with Crippen LogP contribution in [0.1, 0.15) is 52.6 Å². The second kappa shape index (κ2) is 17.1. The van der Waals surface area contributed by atoms with Crippen molar-refractivity contribution in [1.29, 1.82) is 0 Å². The number of amides is 2. The molecule has 0 saturated heterocycles. The first kappa shape index (κ1) is 34.9. The Hall–Kier alpha value is -4.93. The number of hydrogen-bond donors (Lipinski definition) is 2. The summed E-state index contributed by atoms with van der Waals surface area (Å²) in [5, 5.41) is 7.01. The Kier molecular flexibility index (Phi) is 12.7. The van der Waals surface area contributed by atoms with E-state index in [1.807, 2.05) is 31.2 Å². The quantitative estimate of drug-likeness (QED) is 0.0488. The van der Waals surface area contributed by atoms with Crippen LogP contribution in [0, 0.1) is 0 Å². The number of benzene rings is 4. The molecule has 0 saturated carbocycles. The van der Waals surface area contributed by atoms with Gasteiger partial charge in [-0.3, -0.25) is 9.59 Å². The van der Waals surface area contributed by atoms with Crippen molar-refractivity contribution >= 4 is 63.3 Å². The first-order chi connectivity index (χ1) is 22.7. The summed E-state index contributed by atoms with van der Waals surface area (Å²) in [6.45, 7) is 8.01. The van der Waals surface area contributed by atoms with Gasteiger partial charge >= 0.3 is 5.97 Å². The Morgan fingerprint density at radius 2 is 1.55 bits per heavy atom. The van der Waals surface area contributed by atoms with Gasteiger partial charge in [-0.25, -0.2) is 10.2 Å². The molecular formula is C36H34BrClN4O5. The number of halogens is 2. The Bertz CT molecular complexity index is 1770. The number of carbonyl (C=O) groups is 3. The highest BCUT2D eigenvalue weighted by atomic mass is 79.9. The molecule has 0 aromatic heterocycles. The fourth-order valence-electron chi connectivity index (χ4n) is 4.46. The van der Waals surface area contributed by atoms with Crippen LogP contribution in [-0.4, -0.2) is 43.7 Å². The lowest BCUT2D eigenvalue weighted by atomic mass is 10.1. The van der Waals surface area contributed by atoms with Gasteiger partial charge in [-0.1, -0.05) is 51.8 Å². The van der Waals surface area contributed by atoms with Crippen molar-refractivity contribution in [2.45, 2.75) is 20.8 Å². The topological polar surface area (TPSA) is 109 Å². The van der Waals surface area contributed by atoms with Gasteiger partial charge in [0.2, 0.25) is 0 Å². The van der Waals surface area contributed by atoms with Gasteiger partial charge in [0, 0.05) is 23.2 Å². The Morgan fingerprint density at radius 3 is 2.21 bits per heavy atom. The molecule has 47 heavy (non-hydrogen) atoms. The van der Waals surface area contributed by atoms with Gasteiger partial charge in [0.25, 0.3) is 11.8 Å². The molecule has 242 valence electrons. The predicted molar refractivity (Wildman–Crippen MR) is 189 cm³/mol. The predicted octanol–water partition coefficient (Wildman–Crippen LogP) is 7.49. The summed E-state index contributed by atoms with van der Waals surface area (Å²) in [6, 6.07) is 25.9. The fraction of sp³-hybridized carbons (Fsp3) is 0.167. The SMILES string of the molecule is CCOc1cc(/C=N/NC(=O)/C(=C\c2ccc(N(CC)CC)cc2)NC(=O)c2ccccc2Cl)ccc1OC(=O)c1ccc(Br)cc1. The molecule has 0 heterocycles. The van der Waals surface area contributed by atoms with Gasteiger partial charge < -0.3 is 19.7 Å². The molecule has 0 spiro atoms. The zero-order valence-corrected chi connectivity index (χ0v) is 28.5. The summed E-state index contributed by atoms with van der Waals surface area (Å²) in [7, 11) is 0. The number of nitrogens with one attached hydrogen (secondary N) is 2. The minimum atomic E-state index is -0.653. The van der Waals surface area contributed by atoms with E-state index in [4.69, 9.17) is 21.1 Å². The van der Waals surface area contributed by atoms with Crippen LogP contribution in [0.2, 0.25) is 5.02 Å². The van der Waals surface area contributed by atoms with Gasteiger partial charge in [0.1, 0.15) is 5.70 Å². The summed E-state index contributed by atoms with van der Waals surface area (Å²) in [5.41, 5.74) is 5.35. The van der Waals surface area contributed by atoms with Gasteiger partial charge in [0.15, 0.2) is 11.5 Å². The lowest BCUT2D eigenvalue weighted by Crippen LogP contribution is -2.33. The van der Waals surface area contributed by atoms with Crippen molar-refractivity contribution in [3.63, 3.8) is 0 Å². The molecule has 0 radical (unpaired) electrons. The van der Waals surface area contributed by atoms with Gasteiger partial charge in [-0.15, -0.1) is 0 Å². The average molecular weight is 718 g/mol. The largest absolute Gasteiger partial charge is 0.490 e. The van der Waals surface area contributed by atoms with Crippen molar-refractivity contribution in [3.8, 4) is 11.5 Å². The zero-order valence-electron chi connectivity index (χ0n) is 26.1. The van der Waals surface area contributed by atoms with Crippen LogP contribution in [0.5, 0.6) is 11.5 Å². The molecule has 0 aliphatic heterocycles. The molecule has 0 aliphatic rings. The van der Waals surface area contributed by atoms with Crippen molar-refractivity contribution in [2.24, 2.45) is 5.10 Å². The minimum absolute atomic E-state index is 0.0344. The van der Waals surface area contributed by atoms with Crippen LogP contribution in [0.4, 0.5) is 5.69 Å². The van der Waals surface area contributed by atoms with Gasteiger partial charge in [0.05, 0.1) is 29.0 Å². The molecule has 0 unspecified atom stereocenters. The standard InChI is InChI=1S/C36H34BrClN4O5/c1-4-42(5-2)28-18-11-24(12-19-28)21-31(40-34(43)29-9-7-8-10-30(29)38)35(44)41-39-23-25-13-20-32(33(22-25)46-6-3)47-36(45)26-14-16-27(37)17-15-26/h7-23H,4-6H2,1-3H3,(H,40,43)(H,41,44)/b31-21+,39-23+. The Balaban J connectivity index is 1.53. The number of hydrazone groups is 1. The highest BCUT2D eigenvalue weighted by Crippen LogP contribution is 2.29. The number of hydrogen-bond acceptors (Lipinski definition) is 7. The van der Waals surface area contributed by atoms with Crippen molar-refractivity contribution in [3.05, 3.63) is 128 Å². The number of anilines is 1. The molecule has 4 aromatic carbocycles. The van der Waals surface area contributed by atoms with E-state index in [0.717, 1.165) is 23.2 Å². The van der Waals surface area contributed by atoms with Crippen molar-refractivity contribution in [1.82, 2.24) is 10.7 Å². The number of nitrogens with zero attached hydrogens (tertiary/aromatic N) is 2. The summed E-state index contributed by atoms with van der Waals surface area (Å²) in [4.78, 5) is 41.3. The van der Waals surface area contributed by atoms with Crippen molar-refractivity contribution in [2.75, 3.05) is 24.6 Å². The Labute approximate surface area is 287 Å². The maximum absolute atomic E-state index is 13.3. The average Bonchev–Trinajstić information content (AvgIpc) is 3.07. The zero-order chi connectivity index (χ0) is 33.8. The summed E-state index contributed by atoms with van der Waals surface area (Å²) in [5.74, 6) is -1.17. The third kappa shape index (κ3) is 9.78. The number of carbonyl (C=O) groups excluding carboxylic acids is 3. The van der Waals surface area contributed by atoms with E-state index in [1.54, 1.807) is 72.8 Å². The summed E-state index contributed by atoms with van der Waals surface area (Å²) < 4.78 is 12.1. The maximum atomic E-state index is 13.3. The first-order valence-corrected chi connectivity index (χ1v) is 16.1. The third-order valence-corrected chi connectivity index (χ3v) is 7.73. The summed E-state index contributed by atoms with van der Waals surface area (Å²) >= 11 is 9.58. The Morgan fingerprint density at radius 1 is 0.872 bits per heavy atom. The molecule has 0 atom stereocenters. The van der Waals surface area contributed by atoms with Crippen LogP contribution in [-0.2, 0) is 4.79 Å². The molecule has 4 aromatic rings. The number of rotatable bonds is 13. The number of ether oxygens (including phenoxy) is 2. The van der Waals surface area contributed by atoms with Crippen LogP contribution in [0.25, 0.3) is 6.08 Å². The normalized spacial score (nSPS) is 11.2. The van der Waals surface area contributed by atoms with Crippen molar-refractivity contribution < 1.29 is 23.9 Å². The van der Waals surface area contributed by atoms with E-state index in [0.29, 0.717) is 29.0 Å². The molecule has 0 aliphatic carbocycles. The molecule has 2 N–H and O–H groups in total. The molecule has 9 nitrogen and oxygen atoms in total. The molecular weight excluding hydrogens is 684 g/mol. The second-order valence-corrected chi connectivity index (χ2v) is 11.3. The van der Waals surface area contributed by atoms with Crippen LogP contribution < -0.4 is 25.1 Å². The van der Waals surface area contributed by atoms with E-state index in [-0.39, 0.29) is 22.0 Å². The molecule has 0 bridgehead atoms. The number of esters is 1. The van der Waals surface area contributed by atoms with E-state index >= 15 is 0 Å². The van der Waals surface area contributed by atoms with E-state index in [2.05, 4.69) is 50.5 Å². The van der Waals surface area contributed by atoms with E-state index in [1.165, 1.54) is 6.21 Å². The maximum Gasteiger partial charge on any atom is 0.343 e.